The number of amides is 1. The first kappa shape index (κ1) is 16.4. The second-order valence-corrected chi connectivity index (χ2v) is 5.13. The van der Waals surface area contributed by atoms with Crippen molar-refractivity contribution in [2.24, 2.45) is 5.92 Å². The summed E-state index contributed by atoms with van der Waals surface area (Å²) in [5, 5.41) is 9.19. The fourth-order valence-corrected chi connectivity index (χ4v) is 1.97. The summed E-state index contributed by atoms with van der Waals surface area (Å²) >= 11 is 0. The molecule has 0 radical (unpaired) electrons. The zero-order valence-corrected chi connectivity index (χ0v) is 12.5. The molecule has 0 saturated heterocycles. The molecule has 3 nitrogen and oxygen atoms in total. The van der Waals surface area contributed by atoms with Gasteiger partial charge in [-0.25, -0.2) is 0 Å². The van der Waals surface area contributed by atoms with Crippen molar-refractivity contribution in [3.8, 4) is 0 Å². The Labute approximate surface area is 121 Å². The second kappa shape index (κ2) is 9.32. The van der Waals surface area contributed by atoms with Crippen molar-refractivity contribution in [3.05, 3.63) is 48.0 Å². The molecule has 1 rings (SSSR count). The van der Waals surface area contributed by atoms with E-state index in [1.54, 1.807) is 0 Å². The maximum atomic E-state index is 12.3. The Balaban J connectivity index is 2.69. The molecule has 0 heterocycles. The monoisotopic (exact) mass is 275 g/mol. The van der Waals surface area contributed by atoms with Crippen molar-refractivity contribution in [2.75, 3.05) is 13.2 Å². The number of hydrogen-bond acceptors (Lipinski definition) is 2. The number of carbonyl (C=O) groups is 1. The van der Waals surface area contributed by atoms with Crippen LogP contribution < -0.4 is 0 Å². The summed E-state index contributed by atoms with van der Waals surface area (Å²) in [6.45, 7) is 5.29. The van der Waals surface area contributed by atoms with E-state index in [0.29, 0.717) is 19.5 Å². The molecule has 0 aliphatic heterocycles. The van der Waals surface area contributed by atoms with Gasteiger partial charge in [-0.15, -0.1) is 0 Å². The molecule has 110 valence electrons. The van der Waals surface area contributed by atoms with Gasteiger partial charge in [0, 0.05) is 26.1 Å². The minimum absolute atomic E-state index is 0.0952. The van der Waals surface area contributed by atoms with E-state index < -0.39 is 0 Å². The summed E-state index contributed by atoms with van der Waals surface area (Å²) in [4.78, 5) is 14.1. The molecule has 0 aliphatic rings. The highest BCUT2D eigenvalue weighted by atomic mass is 16.3. The maximum Gasteiger partial charge on any atom is 0.226 e. The van der Waals surface area contributed by atoms with Crippen molar-refractivity contribution in [1.82, 2.24) is 4.90 Å². The minimum atomic E-state index is 0.0952. The Morgan fingerprint density at radius 3 is 2.60 bits per heavy atom. The van der Waals surface area contributed by atoms with Crippen LogP contribution in [0.2, 0.25) is 0 Å². The summed E-state index contributed by atoms with van der Waals surface area (Å²) in [5.74, 6) is 0.205. The van der Waals surface area contributed by atoms with E-state index in [-0.39, 0.29) is 18.4 Å². The van der Waals surface area contributed by atoms with E-state index in [4.69, 9.17) is 0 Å². The normalized spacial score (nSPS) is 12.6. The molecule has 0 aromatic heterocycles. The first-order valence-electron chi connectivity index (χ1n) is 7.24. The number of aliphatic hydroxyl groups excluding tert-OH is 1. The van der Waals surface area contributed by atoms with Crippen molar-refractivity contribution < 1.29 is 9.90 Å². The van der Waals surface area contributed by atoms with E-state index >= 15 is 0 Å². The molecule has 0 bridgehead atoms. The van der Waals surface area contributed by atoms with Crippen molar-refractivity contribution in [3.63, 3.8) is 0 Å². The average molecular weight is 275 g/mol. The number of allylic oxidation sites excluding steroid dienone is 1. The molecule has 0 spiro atoms. The van der Waals surface area contributed by atoms with Crippen LogP contribution in [0.4, 0.5) is 0 Å². The first-order valence-corrected chi connectivity index (χ1v) is 7.24. The van der Waals surface area contributed by atoms with Crippen LogP contribution in [0.1, 0.15) is 32.3 Å². The van der Waals surface area contributed by atoms with Crippen LogP contribution in [0.5, 0.6) is 0 Å². The molecule has 1 amide bonds. The SMILES string of the molecule is CC/C=C/CC(=O)N(Cc1ccccc1)CC(C)CO. The summed E-state index contributed by atoms with van der Waals surface area (Å²) in [5.41, 5.74) is 1.12. The van der Waals surface area contributed by atoms with Crippen LogP contribution in [0.15, 0.2) is 42.5 Å². The van der Waals surface area contributed by atoms with Gasteiger partial charge >= 0.3 is 0 Å². The number of rotatable bonds is 8. The van der Waals surface area contributed by atoms with Gasteiger partial charge in [-0.2, -0.15) is 0 Å². The average Bonchev–Trinajstić information content (AvgIpc) is 2.47. The summed E-state index contributed by atoms with van der Waals surface area (Å²) in [6, 6.07) is 9.96. The number of nitrogens with zero attached hydrogens (tertiary/aromatic N) is 1. The zero-order chi connectivity index (χ0) is 14.8. The lowest BCUT2D eigenvalue weighted by atomic mass is 10.1. The number of carbonyl (C=O) groups excluding carboxylic acids is 1. The fraction of sp³-hybridized carbons (Fsp3) is 0.471. The van der Waals surface area contributed by atoms with Gasteiger partial charge in [-0.05, 0) is 17.9 Å². The molecule has 1 N–H and O–H groups in total. The van der Waals surface area contributed by atoms with Gasteiger partial charge in [0.05, 0.1) is 0 Å². The minimum Gasteiger partial charge on any atom is -0.396 e. The third-order valence-corrected chi connectivity index (χ3v) is 3.11. The lowest BCUT2D eigenvalue weighted by molar-refractivity contribution is -0.131. The number of aliphatic hydroxyl groups is 1. The summed E-state index contributed by atoms with van der Waals surface area (Å²) < 4.78 is 0. The van der Waals surface area contributed by atoms with Gasteiger partial charge in [0.2, 0.25) is 5.91 Å². The van der Waals surface area contributed by atoms with Crippen molar-refractivity contribution >= 4 is 5.91 Å². The molecule has 0 saturated carbocycles. The van der Waals surface area contributed by atoms with Gasteiger partial charge in [-0.3, -0.25) is 4.79 Å². The quantitative estimate of drug-likeness (QED) is 0.741. The Bertz CT molecular complexity index is 414. The van der Waals surface area contributed by atoms with Gasteiger partial charge in [0.1, 0.15) is 0 Å². The summed E-state index contributed by atoms with van der Waals surface area (Å²) in [6.07, 6.45) is 5.30. The predicted molar refractivity (Wildman–Crippen MR) is 82.2 cm³/mol. The molecule has 1 aromatic carbocycles. The lowest BCUT2D eigenvalue weighted by Crippen LogP contribution is -2.34. The Hall–Kier alpha value is -1.61. The molecule has 20 heavy (non-hydrogen) atoms. The highest BCUT2D eigenvalue weighted by Crippen LogP contribution is 2.09. The zero-order valence-electron chi connectivity index (χ0n) is 12.5. The Kier molecular flexibility index (Phi) is 7.66. The highest BCUT2D eigenvalue weighted by molar-refractivity contribution is 5.77. The van der Waals surface area contributed by atoms with Gasteiger partial charge in [-0.1, -0.05) is 56.3 Å². The Morgan fingerprint density at radius 2 is 2.00 bits per heavy atom. The van der Waals surface area contributed by atoms with Crippen LogP contribution >= 0.6 is 0 Å². The van der Waals surface area contributed by atoms with Crippen molar-refractivity contribution in [1.29, 1.82) is 0 Å². The molecule has 1 unspecified atom stereocenters. The first-order chi connectivity index (χ1) is 9.67. The lowest BCUT2D eigenvalue weighted by Gasteiger charge is -2.25. The molecular formula is C17H25NO2. The number of hydrogen-bond donors (Lipinski definition) is 1. The third-order valence-electron chi connectivity index (χ3n) is 3.11. The van der Waals surface area contributed by atoms with Gasteiger partial charge in [0.25, 0.3) is 0 Å². The molecule has 3 heteroatoms. The van der Waals surface area contributed by atoms with E-state index in [9.17, 15) is 9.90 Å². The second-order valence-electron chi connectivity index (χ2n) is 5.13. The van der Waals surface area contributed by atoms with E-state index in [0.717, 1.165) is 12.0 Å². The van der Waals surface area contributed by atoms with Crippen LogP contribution in [0.3, 0.4) is 0 Å². The van der Waals surface area contributed by atoms with E-state index in [2.05, 4.69) is 6.92 Å². The van der Waals surface area contributed by atoms with E-state index in [1.165, 1.54) is 0 Å². The van der Waals surface area contributed by atoms with E-state index in [1.807, 2.05) is 54.3 Å². The van der Waals surface area contributed by atoms with Crippen LogP contribution in [0.25, 0.3) is 0 Å². The maximum absolute atomic E-state index is 12.3. The Morgan fingerprint density at radius 1 is 1.30 bits per heavy atom. The highest BCUT2D eigenvalue weighted by Gasteiger charge is 2.15. The molecule has 0 aliphatic carbocycles. The third kappa shape index (κ3) is 6.02. The predicted octanol–water partition coefficient (Wildman–Crippen LogP) is 3.00. The fourth-order valence-electron chi connectivity index (χ4n) is 1.97. The van der Waals surface area contributed by atoms with Crippen LogP contribution in [0, 0.1) is 5.92 Å². The number of benzene rings is 1. The molecule has 0 fully saturated rings. The van der Waals surface area contributed by atoms with Crippen LogP contribution in [-0.4, -0.2) is 29.1 Å². The molecule has 1 atom stereocenters. The largest absolute Gasteiger partial charge is 0.396 e. The summed E-state index contributed by atoms with van der Waals surface area (Å²) in [7, 11) is 0. The van der Waals surface area contributed by atoms with Crippen LogP contribution in [-0.2, 0) is 11.3 Å². The van der Waals surface area contributed by atoms with Gasteiger partial charge in [0.15, 0.2) is 0 Å². The molecule has 1 aromatic rings. The van der Waals surface area contributed by atoms with Gasteiger partial charge < -0.3 is 10.0 Å². The topological polar surface area (TPSA) is 40.5 Å². The van der Waals surface area contributed by atoms with Crippen molar-refractivity contribution in [2.45, 2.75) is 33.2 Å². The smallest absolute Gasteiger partial charge is 0.226 e. The molecular weight excluding hydrogens is 250 g/mol. The standard InChI is InChI=1S/C17H25NO2/c1-3-4-6-11-17(20)18(12-15(2)14-19)13-16-9-7-5-8-10-16/h4-10,15,19H,3,11-14H2,1-2H3/b6-4+.